The van der Waals surface area contributed by atoms with Gasteiger partial charge < -0.3 is 5.11 Å². The molecule has 0 aromatic carbocycles. The Bertz CT molecular complexity index is 448. The van der Waals surface area contributed by atoms with Gasteiger partial charge in [0.1, 0.15) is 6.33 Å². The highest BCUT2D eigenvalue weighted by atomic mass is 16.4. The summed E-state index contributed by atoms with van der Waals surface area (Å²) in [6.07, 6.45) is 4.62. The third-order valence-corrected chi connectivity index (χ3v) is 2.39. The van der Waals surface area contributed by atoms with E-state index in [1.807, 2.05) is 6.07 Å². The number of rotatable bonds is 4. The summed E-state index contributed by atoms with van der Waals surface area (Å²) in [6.45, 7) is 0. The van der Waals surface area contributed by atoms with E-state index in [0.29, 0.717) is 11.4 Å². The summed E-state index contributed by atoms with van der Waals surface area (Å²) in [5, 5.41) is 8.94. The number of pyridine rings is 1. The summed E-state index contributed by atoms with van der Waals surface area (Å²) in [4.78, 5) is 23.0. The Morgan fingerprint density at radius 3 is 2.59 bits per heavy atom. The lowest BCUT2D eigenvalue weighted by molar-refractivity contribution is -0.137. The Morgan fingerprint density at radius 1 is 1.18 bits per heavy atom. The molecule has 0 radical (unpaired) electrons. The SMILES string of the molecule is O=C(O)CC(c1ccccn1)c1ccncn1. The number of aromatic nitrogens is 3. The molecule has 2 aromatic heterocycles. The van der Waals surface area contributed by atoms with Gasteiger partial charge in [-0.25, -0.2) is 9.97 Å². The van der Waals surface area contributed by atoms with Crippen molar-refractivity contribution in [3.63, 3.8) is 0 Å². The van der Waals surface area contributed by atoms with Crippen molar-refractivity contribution in [1.29, 1.82) is 0 Å². The average Bonchev–Trinajstić information content (AvgIpc) is 2.38. The Labute approximate surface area is 98.2 Å². The second-order valence-corrected chi connectivity index (χ2v) is 3.54. The number of hydrogen-bond acceptors (Lipinski definition) is 4. The van der Waals surface area contributed by atoms with Crippen molar-refractivity contribution in [1.82, 2.24) is 15.0 Å². The van der Waals surface area contributed by atoms with Crippen LogP contribution in [0.15, 0.2) is 43.0 Å². The first-order valence-corrected chi connectivity index (χ1v) is 5.16. The lowest BCUT2D eigenvalue weighted by Crippen LogP contribution is -2.10. The molecule has 2 rings (SSSR count). The summed E-state index contributed by atoms with van der Waals surface area (Å²) >= 11 is 0. The third kappa shape index (κ3) is 2.84. The highest BCUT2D eigenvalue weighted by Gasteiger charge is 2.19. The van der Waals surface area contributed by atoms with Crippen molar-refractivity contribution >= 4 is 5.97 Å². The minimum atomic E-state index is -0.876. The number of carboxylic acids is 1. The fourth-order valence-corrected chi connectivity index (χ4v) is 1.62. The molecular weight excluding hydrogens is 218 g/mol. The molecule has 1 atom stereocenters. The first-order chi connectivity index (χ1) is 8.27. The zero-order valence-corrected chi connectivity index (χ0v) is 9.02. The van der Waals surface area contributed by atoms with Crippen LogP contribution in [0.1, 0.15) is 23.7 Å². The minimum absolute atomic E-state index is 0.0337. The maximum absolute atomic E-state index is 10.9. The zero-order valence-electron chi connectivity index (χ0n) is 9.02. The van der Waals surface area contributed by atoms with Crippen molar-refractivity contribution in [2.45, 2.75) is 12.3 Å². The number of carboxylic acid groups (broad SMARTS) is 1. The molecule has 0 aliphatic carbocycles. The fraction of sp³-hybridized carbons (Fsp3) is 0.167. The molecule has 5 heteroatoms. The minimum Gasteiger partial charge on any atom is -0.481 e. The molecule has 0 saturated carbocycles. The molecular formula is C12H11N3O2. The molecule has 1 N–H and O–H groups in total. The van der Waals surface area contributed by atoms with Gasteiger partial charge in [0, 0.05) is 18.1 Å². The highest BCUT2D eigenvalue weighted by molar-refractivity contribution is 5.68. The molecule has 86 valence electrons. The van der Waals surface area contributed by atoms with E-state index in [0.717, 1.165) is 0 Å². The molecule has 0 aliphatic rings. The molecule has 17 heavy (non-hydrogen) atoms. The highest BCUT2D eigenvalue weighted by Crippen LogP contribution is 2.24. The number of aliphatic carboxylic acids is 1. The van der Waals surface area contributed by atoms with E-state index < -0.39 is 5.97 Å². The van der Waals surface area contributed by atoms with Crippen LogP contribution < -0.4 is 0 Å². The van der Waals surface area contributed by atoms with Gasteiger partial charge in [0.2, 0.25) is 0 Å². The zero-order chi connectivity index (χ0) is 12.1. The molecule has 2 heterocycles. The van der Waals surface area contributed by atoms with Gasteiger partial charge in [0.05, 0.1) is 18.0 Å². The van der Waals surface area contributed by atoms with E-state index >= 15 is 0 Å². The Balaban J connectivity index is 2.36. The molecule has 0 spiro atoms. The number of carbonyl (C=O) groups is 1. The molecule has 0 amide bonds. The van der Waals surface area contributed by atoms with Gasteiger partial charge in [-0.2, -0.15) is 0 Å². The van der Waals surface area contributed by atoms with E-state index in [9.17, 15) is 4.79 Å². The van der Waals surface area contributed by atoms with Crippen LogP contribution >= 0.6 is 0 Å². The smallest absolute Gasteiger partial charge is 0.304 e. The van der Waals surface area contributed by atoms with Gasteiger partial charge in [-0.1, -0.05) is 6.07 Å². The summed E-state index contributed by atoms with van der Waals surface area (Å²) in [7, 11) is 0. The molecule has 1 unspecified atom stereocenters. The maximum Gasteiger partial charge on any atom is 0.304 e. The normalized spacial score (nSPS) is 12.0. The Morgan fingerprint density at radius 2 is 2.00 bits per heavy atom. The maximum atomic E-state index is 10.9. The van der Waals surface area contributed by atoms with Gasteiger partial charge in [-0.15, -0.1) is 0 Å². The Kier molecular flexibility index (Phi) is 3.40. The van der Waals surface area contributed by atoms with Gasteiger partial charge in [-0.05, 0) is 18.2 Å². The predicted octanol–water partition coefficient (Wildman–Crippen LogP) is 1.48. The van der Waals surface area contributed by atoms with Crippen LogP contribution in [0.2, 0.25) is 0 Å². The second kappa shape index (κ2) is 5.16. The number of hydrogen-bond donors (Lipinski definition) is 1. The van der Waals surface area contributed by atoms with Crippen LogP contribution in [0.4, 0.5) is 0 Å². The van der Waals surface area contributed by atoms with Crippen LogP contribution in [0.3, 0.4) is 0 Å². The lowest BCUT2D eigenvalue weighted by Gasteiger charge is -2.12. The summed E-state index contributed by atoms with van der Waals surface area (Å²) in [5.74, 6) is -1.21. The van der Waals surface area contributed by atoms with Gasteiger partial charge in [-0.3, -0.25) is 9.78 Å². The van der Waals surface area contributed by atoms with Crippen molar-refractivity contribution in [3.8, 4) is 0 Å². The van der Waals surface area contributed by atoms with Crippen LogP contribution in [0.25, 0.3) is 0 Å². The quantitative estimate of drug-likeness (QED) is 0.859. The van der Waals surface area contributed by atoms with E-state index in [4.69, 9.17) is 5.11 Å². The van der Waals surface area contributed by atoms with Crippen molar-refractivity contribution < 1.29 is 9.90 Å². The second-order valence-electron chi connectivity index (χ2n) is 3.54. The predicted molar refractivity (Wildman–Crippen MR) is 60.4 cm³/mol. The average molecular weight is 229 g/mol. The van der Waals surface area contributed by atoms with Crippen LogP contribution in [-0.2, 0) is 4.79 Å². The first-order valence-electron chi connectivity index (χ1n) is 5.16. The topological polar surface area (TPSA) is 76.0 Å². The van der Waals surface area contributed by atoms with Gasteiger partial charge in [0.25, 0.3) is 0 Å². The van der Waals surface area contributed by atoms with Crippen molar-refractivity contribution in [2.75, 3.05) is 0 Å². The number of nitrogens with zero attached hydrogens (tertiary/aromatic N) is 3. The molecule has 0 bridgehead atoms. The monoisotopic (exact) mass is 229 g/mol. The van der Waals surface area contributed by atoms with Crippen molar-refractivity contribution in [3.05, 3.63) is 54.4 Å². The van der Waals surface area contributed by atoms with Crippen LogP contribution in [0.5, 0.6) is 0 Å². The van der Waals surface area contributed by atoms with Gasteiger partial charge in [0.15, 0.2) is 0 Å². The third-order valence-electron chi connectivity index (χ3n) is 2.39. The van der Waals surface area contributed by atoms with E-state index in [1.54, 1.807) is 30.6 Å². The summed E-state index contributed by atoms with van der Waals surface area (Å²) in [5.41, 5.74) is 1.37. The summed E-state index contributed by atoms with van der Waals surface area (Å²) < 4.78 is 0. The lowest BCUT2D eigenvalue weighted by atomic mass is 9.97. The largest absolute Gasteiger partial charge is 0.481 e. The molecule has 0 aliphatic heterocycles. The fourth-order valence-electron chi connectivity index (χ4n) is 1.62. The summed E-state index contributed by atoms with van der Waals surface area (Å²) in [6, 6.07) is 7.14. The standard InChI is InChI=1S/C12H11N3O2/c16-12(17)7-9(10-3-1-2-5-14-10)11-4-6-13-8-15-11/h1-6,8-9H,7H2,(H,16,17). The van der Waals surface area contributed by atoms with E-state index in [-0.39, 0.29) is 12.3 Å². The van der Waals surface area contributed by atoms with Gasteiger partial charge >= 0.3 is 5.97 Å². The van der Waals surface area contributed by atoms with E-state index in [2.05, 4.69) is 15.0 Å². The first kappa shape index (κ1) is 11.2. The van der Waals surface area contributed by atoms with Crippen LogP contribution in [-0.4, -0.2) is 26.0 Å². The van der Waals surface area contributed by atoms with E-state index in [1.165, 1.54) is 6.33 Å². The molecule has 0 saturated heterocycles. The van der Waals surface area contributed by atoms with Crippen LogP contribution in [0, 0.1) is 0 Å². The molecule has 2 aromatic rings. The Hall–Kier alpha value is -2.30. The molecule has 0 fully saturated rings. The molecule has 5 nitrogen and oxygen atoms in total. The van der Waals surface area contributed by atoms with Crippen molar-refractivity contribution in [2.24, 2.45) is 0 Å².